The second kappa shape index (κ2) is 8.31. The summed E-state index contributed by atoms with van der Waals surface area (Å²) < 4.78 is 7.06. The number of aliphatic hydroxyl groups is 3. The van der Waals surface area contributed by atoms with E-state index in [1.54, 1.807) is 0 Å². The number of anilines is 1. The molecule has 0 aromatic carbocycles. The fraction of sp³-hybridized carbons (Fsp3) is 0.562. The van der Waals surface area contributed by atoms with Crippen LogP contribution in [0.5, 0.6) is 0 Å². The number of nitrogens with two attached hydrogens (primary N) is 1. The number of aliphatic hydroxyl groups excluding tert-OH is 3. The molecular formula is C16H23N5O4S. The van der Waals surface area contributed by atoms with Crippen LogP contribution in [0.25, 0.3) is 11.2 Å². The third-order valence-electron chi connectivity index (χ3n) is 4.25. The molecule has 2 unspecified atom stereocenters. The number of thioether (sulfide) groups is 1. The van der Waals surface area contributed by atoms with Crippen molar-refractivity contribution in [1.29, 1.82) is 0 Å². The SMILES string of the molecule is C=CCCCCSc1nc(N)c2ncn([C@@H]3O[C@H](CO)C(O)C3O)c2n1. The Balaban J connectivity index is 1.82. The molecule has 10 heteroatoms. The molecule has 1 aliphatic rings. The molecule has 0 radical (unpaired) electrons. The van der Waals surface area contributed by atoms with Crippen LogP contribution in [-0.4, -0.2) is 65.5 Å². The Kier molecular flexibility index (Phi) is 6.09. The number of imidazole rings is 1. The topological polar surface area (TPSA) is 140 Å². The van der Waals surface area contributed by atoms with Crippen molar-refractivity contribution < 1.29 is 20.1 Å². The molecule has 9 nitrogen and oxygen atoms in total. The van der Waals surface area contributed by atoms with Gasteiger partial charge in [0.2, 0.25) is 0 Å². The number of unbranched alkanes of at least 4 members (excludes halogenated alkanes) is 2. The zero-order valence-electron chi connectivity index (χ0n) is 14.2. The summed E-state index contributed by atoms with van der Waals surface area (Å²) >= 11 is 1.49. The van der Waals surface area contributed by atoms with Crippen LogP contribution >= 0.6 is 11.8 Å². The molecule has 1 fully saturated rings. The third-order valence-corrected chi connectivity index (χ3v) is 5.19. The van der Waals surface area contributed by atoms with Crippen LogP contribution in [0.3, 0.4) is 0 Å². The largest absolute Gasteiger partial charge is 0.394 e. The summed E-state index contributed by atoms with van der Waals surface area (Å²) in [7, 11) is 0. The summed E-state index contributed by atoms with van der Waals surface area (Å²) in [5, 5.41) is 30.0. The quantitative estimate of drug-likeness (QED) is 0.222. The van der Waals surface area contributed by atoms with Crippen molar-refractivity contribution in [3.05, 3.63) is 19.0 Å². The maximum absolute atomic E-state index is 10.2. The molecule has 1 saturated heterocycles. The van der Waals surface area contributed by atoms with Gasteiger partial charge in [-0.25, -0.2) is 15.0 Å². The van der Waals surface area contributed by atoms with Gasteiger partial charge in [0.15, 0.2) is 22.8 Å². The average Bonchev–Trinajstić information content (AvgIpc) is 3.17. The Morgan fingerprint density at radius 3 is 2.81 bits per heavy atom. The van der Waals surface area contributed by atoms with Crippen molar-refractivity contribution in [1.82, 2.24) is 19.5 Å². The van der Waals surface area contributed by atoms with Gasteiger partial charge in [-0.2, -0.15) is 0 Å². The summed E-state index contributed by atoms with van der Waals surface area (Å²) in [5.41, 5.74) is 6.81. The Morgan fingerprint density at radius 2 is 2.12 bits per heavy atom. The molecule has 0 spiro atoms. The monoisotopic (exact) mass is 381 g/mol. The van der Waals surface area contributed by atoms with Crippen molar-refractivity contribution in [3.63, 3.8) is 0 Å². The highest BCUT2D eigenvalue weighted by molar-refractivity contribution is 7.99. The molecule has 2 aromatic heterocycles. The molecule has 142 valence electrons. The molecule has 4 atom stereocenters. The van der Waals surface area contributed by atoms with Gasteiger partial charge in [0, 0.05) is 5.75 Å². The molecule has 3 rings (SSSR count). The van der Waals surface area contributed by atoms with Crippen molar-refractivity contribution in [2.75, 3.05) is 18.1 Å². The number of aromatic nitrogens is 4. The molecule has 5 N–H and O–H groups in total. The average molecular weight is 381 g/mol. The number of hydrogen-bond donors (Lipinski definition) is 4. The van der Waals surface area contributed by atoms with Crippen LogP contribution in [0.1, 0.15) is 25.5 Å². The van der Waals surface area contributed by atoms with Crippen molar-refractivity contribution >= 4 is 28.7 Å². The number of allylic oxidation sites excluding steroid dienone is 1. The summed E-state index contributed by atoms with van der Waals surface area (Å²) in [6.45, 7) is 3.30. The van der Waals surface area contributed by atoms with Gasteiger partial charge in [-0.05, 0) is 19.3 Å². The van der Waals surface area contributed by atoms with E-state index < -0.39 is 31.1 Å². The van der Waals surface area contributed by atoms with Crippen LogP contribution in [0.4, 0.5) is 5.82 Å². The Bertz CT molecular complexity index is 770. The molecule has 1 aliphatic heterocycles. The minimum atomic E-state index is -1.21. The minimum Gasteiger partial charge on any atom is -0.394 e. The maximum Gasteiger partial charge on any atom is 0.191 e. The van der Waals surface area contributed by atoms with Gasteiger partial charge in [0.1, 0.15) is 23.8 Å². The molecule has 0 amide bonds. The normalized spacial score (nSPS) is 25.8. The van der Waals surface area contributed by atoms with Crippen LogP contribution in [-0.2, 0) is 4.74 Å². The first-order valence-electron chi connectivity index (χ1n) is 8.43. The van der Waals surface area contributed by atoms with Gasteiger partial charge in [-0.3, -0.25) is 4.57 Å². The molecule has 0 saturated carbocycles. The van der Waals surface area contributed by atoms with E-state index in [0.29, 0.717) is 16.3 Å². The maximum atomic E-state index is 10.2. The zero-order chi connectivity index (χ0) is 18.7. The van der Waals surface area contributed by atoms with E-state index in [0.717, 1.165) is 25.0 Å². The van der Waals surface area contributed by atoms with Gasteiger partial charge in [-0.15, -0.1) is 6.58 Å². The van der Waals surface area contributed by atoms with E-state index in [9.17, 15) is 15.3 Å². The standard InChI is InChI=1S/C16H23N5O4S/c1-2-3-4-5-6-26-16-19-13(17)10-14(20-16)21(8-18-10)15-12(24)11(23)9(7-22)25-15/h2,8-9,11-12,15,22-24H,1,3-7H2,(H2,17,19,20)/t9-,11?,12?,15-/m1/s1. The van der Waals surface area contributed by atoms with Crippen molar-refractivity contribution in [2.24, 2.45) is 0 Å². The summed E-state index contributed by atoms with van der Waals surface area (Å²) in [5.74, 6) is 1.09. The van der Waals surface area contributed by atoms with E-state index >= 15 is 0 Å². The number of nitrogen functional groups attached to an aromatic ring is 1. The smallest absolute Gasteiger partial charge is 0.191 e. The molecule has 2 aromatic rings. The lowest BCUT2D eigenvalue weighted by atomic mass is 10.1. The number of fused-ring (bicyclic) bond motifs is 1. The third kappa shape index (κ3) is 3.69. The summed E-state index contributed by atoms with van der Waals surface area (Å²) in [4.78, 5) is 12.9. The van der Waals surface area contributed by atoms with Gasteiger partial charge in [0.25, 0.3) is 0 Å². The van der Waals surface area contributed by atoms with Gasteiger partial charge >= 0.3 is 0 Å². The van der Waals surface area contributed by atoms with Gasteiger partial charge < -0.3 is 25.8 Å². The first-order chi connectivity index (χ1) is 12.6. The summed E-state index contributed by atoms with van der Waals surface area (Å²) in [6, 6.07) is 0. The number of nitrogens with zero attached hydrogens (tertiary/aromatic N) is 4. The van der Waals surface area contributed by atoms with Crippen LogP contribution in [0.15, 0.2) is 24.1 Å². The lowest BCUT2D eigenvalue weighted by Gasteiger charge is -2.16. The first-order valence-corrected chi connectivity index (χ1v) is 9.41. The van der Waals surface area contributed by atoms with E-state index in [-0.39, 0.29) is 5.82 Å². The number of ether oxygens (including phenoxy) is 1. The Hall–Kier alpha value is -1.72. The molecule has 0 bridgehead atoms. The minimum absolute atomic E-state index is 0.245. The fourth-order valence-corrected chi connectivity index (χ4v) is 3.68. The van der Waals surface area contributed by atoms with Crippen LogP contribution < -0.4 is 5.73 Å². The van der Waals surface area contributed by atoms with E-state index in [2.05, 4.69) is 21.5 Å². The predicted molar refractivity (Wildman–Crippen MR) is 97.5 cm³/mol. The Labute approximate surface area is 154 Å². The lowest BCUT2D eigenvalue weighted by molar-refractivity contribution is -0.0511. The number of rotatable bonds is 8. The highest BCUT2D eigenvalue weighted by atomic mass is 32.2. The van der Waals surface area contributed by atoms with Crippen molar-refractivity contribution in [2.45, 2.75) is 49.0 Å². The molecular weight excluding hydrogens is 358 g/mol. The Morgan fingerprint density at radius 1 is 1.31 bits per heavy atom. The highest BCUT2D eigenvalue weighted by Crippen LogP contribution is 2.32. The van der Waals surface area contributed by atoms with Crippen LogP contribution in [0.2, 0.25) is 0 Å². The van der Waals surface area contributed by atoms with E-state index in [1.165, 1.54) is 22.7 Å². The second-order valence-electron chi connectivity index (χ2n) is 6.08. The van der Waals surface area contributed by atoms with E-state index in [4.69, 9.17) is 10.5 Å². The van der Waals surface area contributed by atoms with Crippen molar-refractivity contribution in [3.8, 4) is 0 Å². The molecule has 26 heavy (non-hydrogen) atoms. The molecule has 3 heterocycles. The summed E-state index contributed by atoms with van der Waals surface area (Å²) in [6.07, 6.45) is 2.18. The number of hydrogen-bond acceptors (Lipinski definition) is 9. The molecule has 0 aliphatic carbocycles. The highest BCUT2D eigenvalue weighted by Gasteiger charge is 2.44. The lowest BCUT2D eigenvalue weighted by Crippen LogP contribution is -2.33. The predicted octanol–water partition coefficient (Wildman–Crippen LogP) is 0.468. The first kappa shape index (κ1) is 19.1. The van der Waals surface area contributed by atoms with E-state index in [1.807, 2.05) is 6.08 Å². The zero-order valence-corrected chi connectivity index (χ0v) is 15.0. The van der Waals surface area contributed by atoms with Gasteiger partial charge in [0.05, 0.1) is 12.9 Å². The van der Waals surface area contributed by atoms with Gasteiger partial charge in [-0.1, -0.05) is 17.8 Å². The fourth-order valence-electron chi connectivity index (χ4n) is 2.83. The van der Waals surface area contributed by atoms with Crippen LogP contribution in [0, 0.1) is 0 Å². The second-order valence-corrected chi connectivity index (χ2v) is 7.14.